The number of nitrogens with one attached hydrogen (secondary N) is 1. The minimum absolute atomic E-state index is 0.395. The van der Waals surface area contributed by atoms with Gasteiger partial charge in [-0.3, -0.25) is 4.99 Å². The van der Waals surface area contributed by atoms with Crippen LogP contribution in [0.4, 0.5) is 5.69 Å². The maximum Gasteiger partial charge on any atom is 0.157 e. The Hall–Kier alpha value is -2.98. The fourth-order valence-corrected chi connectivity index (χ4v) is 3.91. The predicted molar refractivity (Wildman–Crippen MR) is 131 cm³/mol. The third-order valence-electron chi connectivity index (χ3n) is 5.43. The summed E-state index contributed by atoms with van der Waals surface area (Å²) in [6, 6.07) is 18.0. The zero-order valence-corrected chi connectivity index (χ0v) is 19.3. The van der Waals surface area contributed by atoms with Gasteiger partial charge in [0.2, 0.25) is 0 Å². The van der Waals surface area contributed by atoms with Gasteiger partial charge in [0.1, 0.15) is 5.69 Å². The Morgan fingerprint density at radius 2 is 1.58 bits per heavy atom. The molecule has 5 heteroatoms. The van der Waals surface area contributed by atoms with Crippen LogP contribution in [0.25, 0.3) is 22.6 Å². The molecule has 4 aromatic rings. The van der Waals surface area contributed by atoms with Crippen LogP contribution in [0.3, 0.4) is 0 Å². The van der Waals surface area contributed by atoms with Crippen LogP contribution in [0.2, 0.25) is 5.02 Å². The van der Waals surface area contributed by atoms with Crippen molar-refractivity contribution in [3.05, 3.63) is 76.4 Å². The molecule has 0 aliphatic rings. The molecule has 0 fully saturated rings. The van der Waals surface area contributed by atoms with Gasteiger partial charge in [0.25, 0.3) is 0 Å². The van der Waals surface area contributed by atoms with E-state index < -0.39 is 0 Å². The van der Waals surface area contributed by atoms with Gasteiger partial charge in [0.15, 0.2) is 5.82 Å². The molecule has 158 valence electrons. The van der Waals surface area contributed by atoms with Gasteiger partial charge in [-0.05, 0) is 60.2 Å². The van der Waals surface area contributed by atoms with Crippen LogP contribution in [0, 0.1) is 0 Å². The summed E-state index contributed by atoms with van der Waals surface area (Å²) in [5.74, 6) is 1.51. The third-order valence-corrected chi connectivity index (χ3v) is 5.66. The van der Waals surface area contributed by atoms with Gasteiger partial charge in [-0.2, -0.15) is 0 Å². The lowest BCUT2D eigenvalue weighted by Crippen LogP contribution is -2.02. The van der Waals surface area contributed by atoms with Crippen molar-refractivity contribution in [3.8, 4) is 11.5 Å². The average molecular weight is 431 g/mol. The summed E-state index contributed by atoms with van der Waals surface area (Å²) in [5.41, 5.74) is 7.85. The number of fused-ring (bicyclic) bond motifs is 1. The minimum Gasteiger partial charge on any atom is -0.337 e. The average Bonchev–Trinajstić information content (AvgIpc) is 3.17. The Labute approximate surface area is 188 Å². The predicted octanol–water partition coefficient (Wildman–Crippen LogP) is 7.67. The number of benzene rings is 2. The lowest BCUT2D eigenvalue weighted by molar-refractivity contribution is 0.834. The van der Waals surface area contributed by atoms with Crippen LogP contribution in [0.15, 0.2) is 59.6 Å². The highest BCUT2D eigenvalue weighted by molar-refractivity contribution is 6.31. The molecule has 0 spiro atoms. The van der Waals surface area contributed by atoms with E-state index in [1.54, 1.807) is 0 Å². The topological polar surface area (TPSA) is 53.9 Å². The van der Waals surface area contributed by atoms with E-state index in [0.29, 0.717) is 16.9 Å². The second-order valence-corrected chi connectivity index (χ2v) is 8.88. The van der Waals surface area contributed by atoms with Gasteiger partial charge in [-0.25, -0.2) is 9.97 Å². The normalized spacial score (nSPS) is 12.3. The molecule has 2 aromatic carbocycles. The largest absolute Gasteiger partial charge is 0.337 e. The van der Waals surface area contributed by atoms with Crippen molar-refractivity contribution >= 4 is 34.0 Å². The number of aromatic nitrogens is 3. The van der Waals surface area contributed by atoms with Crippen molar-refractivity contribution < 1.29 is 0 Å². The van der Waals surface area contributed by atoms with E-state index in [0.717, 1.165) is 39.6 Å². The molecule has 0 saturated carbocycles. The van der Waals surface area contributed by atoms with E-state index in [2.05, 4.69) is 55.9 Å². The molecule has 0 radical (unpaired) electrons. The van der Waals surface area contributed by atoms with Gasteiger partial charge in [0.05, 0.1) is 28.1 Å². The van der Waals surface area contributed by atoms with Gasteiger partial charge in [0, 0.05) is 5.02 Å². The number of pyridine rings is 1. The molecule has 4 rings (SSSR count). The molecule has 0 amide bonds. The number of aliphatic imine (C=N–C) groups is 1. The quantitative estimate of drug-likeness (QED) is 0.330. The summed E-state index contributed by atoms with van der Waals surface area (Å²) in [5, 5.41) is 0.678. The smallest absolute Gasteiger partial charge is 0.157 e. The first kappa shape index (κ1) is 21.3. The molecule has 2 aromatic heterocycles. The van der Waals surface area contributed by atoms with Crippen LogP contribution in [0.1, 0.15) is 63.3 Å². The maximum atomic E-state index is 6.11. The van der Waals surface area contributed by atoms with Gasteiger partial charge in [-0.1, -0.05) is 63.6 Å². The van der Waals surface area contributed by atoms with Crippen molar-refractivity contribution in [3.63, 3.8) is 0 Å². The van der Waals surface area contributed by atoms with Gasteiger partial charge < -0.3 is 4.98 Å². The molecule has 0 aliphatic heterocycles. The van der Waals surface area contributed by atoms with E-state index in [-0.39, 0.29) is 0 Å². The zero-order valence-electron chi connectivity index (χ0n) is 18.6. The number of imidazole rings is 1. The number of nitrogens with zero attached hydrogens (tertiary/aromatic N) is 3. The van der Waals surface area contributed by atoms with E-state index in [9.17, 15) is 0 Å². The molecular weight excluding hydrogens is 404 g/mol. The molecule has 0 bridgehead atoms. The Bertz CT molecular complexity index is 1240. The molecule has 31 heavy (non-hydrogen) atoms. The molecule has 2 heterocycles. The summed E-state index contributed by atoms with van der Waals surface area (Å²) < 4.78 is 0. The van der Waals surface area contributed by atoms with E-state index in [1.807, 2.05) is 43.3 Å². The fraction of sp³-hybridized carbons (Fsp3) is 0.269. The van der Waals surface area contributed by atoms with Crippen LogP contribution in [-0.4, -0.2) is 20.7 Å². The Balaban J connectivity index is 1.77. The number of hydrogen-bond donors (Lipinski definition) is 1. The molecule has 0 saturated heterocycles. The SMILES string of the molecule is CC(=Nc1c(C(C)C)cccc1C(C)C)c1cccc(-c2nc3ccc(Cl)cc3[nH]2)n1. The molecule has 0 aliphatic carbocycles. The Morgan fingerprint density at radius 3 is 2.26 bits per heavy atom. The first-order chi connectivity index (χ1) is 14.8. The molecule has 4 nitrogen and oxygen atoms in total. The van der Waals surface area contributed by atoms with Crippen molar-refractivity contribution in [2.45, 2.75) is 46.5 Å². The van der Waals surface area contributed by atoms with E-state index in [1.165, 1.54) is 11.1 Å². The van der Waals surface area contributed by atoms with Crippen molar-refractivity contribution in [1.29, 1.82) is 0 Å². The summed E-state index contributed by atoms with van der Waals surface area (Å²) in [4.78, 5) is 17.9. The van der Waals surface area contributed by atoms with Crippen LogP contribution in [0.5, 0.6) is 0 Å². The van der Waals surface area contributed by atoms with E-state index in [4.69, 9.17) is 21.6 Å². The third kappa shape index (κ3) is 4.40. The summed E-state index contributed by atoms with van der Waals surface area (Å²) >= 11 is 6.11. The zero-order chi connectivity index (χ0) is 22.1. The minimum atomic E-state index is 0.395. The number of H-pyrrole nitrogens is 1. The maximum absolute atomic E-state index is 6.11. The summed E-state index contributed by atoms with van der Waals surface area (Å²) in [6.45, 7) is 10.9. The van der Waals surface area contributed by atoms with Gasteiger partial charge in [-0.15, -0.1) is 0 Å². The number of aromatic amines is 1. The second-order valence-electron chi connectivity index (χ2n) is 8.45. The lowest BCUT2D eigenvalue weighted by atomic mass is 9.93. The summed E-state index contributed by atoms with van der Waals surface area (Å²) in [6.07, 6.45) is 0. The highest BCUT2D eigenvalue weighted by Gasteiger charge is 2.15. The second kappa shape index (κ2) is 8.64. The first-order valence-electron chi connectivity index (χ1n) is 10.6. The fourth-order valence-electron chi connectivity index (χ4n) is 3.74. The standard InChI is InChI=1S/C26H27ClN4/c1-15(2)19-8-6-9-20(16(3)4)25(19)28-17(5)21-10-7-11-23(29-21)26-30-22-13-12-18(27)14-24(22)31-26/h6-16H,1-5H3,(H,30,31). The summed E-state index contributed by atoms with van der Waals surface area (Å²) in [7, 11) is 0. The van der Waals surface area contributed by atoms with Crippen LogP contribution in [-0.2, 0) is 0 Å². The molecular formula is C26H27ClN4. The number of rotatable bonds is 5. The van der Waals surface area contributed by atoms with Crippen molar-refractivity contribution in [2.75, 3.05) is 0 Å². The highest BCUT2D eigenvalue weighted by atomic mass is 35.5. The Morgan fingerprint density at radius 1 is 0.903 bits per heavy atom. The molecule has 0 atom stereocenters. The molecule has 0 unspecified atom stereocenters. The number of para-hydroxylation sites is 1. The van der Waals surface area contributed by atoms with Crippen molar-refractivity contribution in [1.82, 2.24) is 15.0 Å². The Kier molecular flexibility index (Phi) is 5.92. The van der Waals surface area contributed by atoms with Gasteiger partial charge >= 0.3 is 0 Å². The monoisotopic (exact) mass is 430 g/mol. The van der Waals surface area contributed by atoms with E-state index >= 15 is 0 Å². The lowest BCUT2D eigenvalue weighted by Gasteiger charge is -2.17. The first-order valence-corrected chi connectivity index (χ1v) is 11.0. The van der Waals surface area contributed by atoms with Crippen LogP contribution >= 0.6 is 11.6 Å². The van der Waals surface area contributed by atoms with Crippen LogP contribution < -0.4 is 0 Å². The van der Waals surface area contributed by atoms with Crippen molar-refractivity contribution in [2.24, 2.45) is 4.99 Å². The number of halogens is 1. The molecule has 1 N–H and O–H groups in total. The number of hydrogen-bond acceptors (Lipinski definition) is 3. The highest BCUT2D eigenvalue weighted by Crippen LogP contribution is 2.35.